The van der Waals surface area contributed by atoms with E-state index in [1.807, 2.05) is 24.4 Å². The first-order chi connectivity index (χ1) is 14.2. The summed E-state index contributed by atoms with van der Waals surface area (Å²) in [4.78, 5) is 27.2. The van der Waals surface area contributed by atoms with Crippen LogP contribution in [-0.2, 0) is 24.9 Å². The highest BCUT2D eigenvalue weighted by Crippen LogP contribution is 2.28. The van der Waals surface area contributed by atoms with Crippen molar-refractivity contribution in [2.45, 2.75) is 45.7 Å². The number of nitrogens with one attached hydrogen (secondary N) is 1. The molecule has 0 bridgehead atoms. The van der Waals surface area contributed by atoms with E-state index >= 15 is 0 Å². The molecule has 1 aromatic carbocycles. The molecule has 0 radical (unpaired) electrons. The van der Waals surface area contributed by atoms with E-state index in [0.29, 0.717) is 16.6 Å². The van der Waals surface area contributed by atoms with Gasteiger partial charge >= 0.3 is 0 Å². The van der Waals surface area contributed by atoms with Crippen molar-refractivity contribution in [3.8, 4) is 11.3 Å². The van der Waals surface area contributed by atoms with Crippen LogP contribution in [0.5, 0.6) is 0 Å². The smallest absolute Gasteiger partial charge is 0.255 e. The molecule has 3 heterocycles. The van der Waals surface area contributed by atoms with Gasteiger partial charge in [0.25, 0.3) is 5.56 Å². The first-order valence-electron chi connectivity index (χ1n) is 9.96. The lowest BCUT2D eigenvalue weighted by molar-refractivity contribution is 0.240. The van der Waals surface area contributed by atoms with E-state index < -0.39 is 0 Å². The molecular weight excluding hydrogens is 419 g/mol. The summed E-state index contributed by atoms with van der Waals surface area (Å²) < 4.78 is 0. The van der Waals surface area contributed by atoms with Crippen LogP contribution in [-0.4, -0.2) is 26.4 Å². The molecule has 30 heavy (non-hydrogen) atoms. The molecule has 0 spiro atoms. The van der Waals surface area contributed by atoms with Gasteiger partial charge in [0, 0.05) is 43.2 Å². The van der Waals surface area contributed by atoms with Crippen molar-refractivity contribution >= 4 is 23.2 Å². The van der Waals surface area contributed by atoms with Crippen molar-refractivity contribution in [3.05, 3.63) is 79.6 Å². The first kappa shape index (κ1) is 21.0. The van der Waals surface area contributed by atoms with E-state index in [0.717, 1.165) is 53.4 Å². The van der Waals surface area contributed by atoms with Gasteiger partial charge in [-0.1, -0.05) is 56.1 Å². The predicted octanol–water partition coefficient (Wildman–Crippen LogP) is 4.99. The number of pyridine rings is 1. The fraction of sp³-hybridized carbons (Fsp3) is 0.348. The molecule has 3 aromatic rings. The van der Waals surface area contributed by atoms with E-state index in [4.69, 9.17) is 28.2 Å². The Morgan fingerprint density at radius 3 is 2.60 bits per heavy atom. The zero-order valence-electron chi connectivity index (χ0n) is 17.3. The van der Waals surface area contributed by atoms with Crippen LogP contribution in [0.15, 0.2) is 41.3 Å². The Hall–Kier alpha value is -2.21. The fourth-order valence-electron chi connectivity index (χ4n) is 3.57. The summed E-state index contributed by atoms with van der Waals surface area (Å²) in [6.07, 6.45) is 2.65. The van der Waals surface area contributed by atoms with Crippen molar-refractivity contribution in [1.82, 2.24) is 19.9 Å². The van der Waals surface area contributed by atoms with Crippen LogP contribution >= 0.6 is 23.2 Å². The third-order valence-electron chi connectivity index (χ3n) is 5.30. The maximum absolute atomic E-state index is 12.6. The molecule has 2 aromatic heterocycles. The normalized spacial score (nSPS) is 14.6. The number of benzene rings is 1. The Kier molecular flexibility index (Phi) is 5.71. The zero-order valence-corrected chi connectivity index (χ0v) is 18.8. The van der Waals surface area contributed by atoms with Crippen LogP contribution in [0.2, 0.25) is 10.0 Å². The van der Waals surface area contributed by atoms with Crippen molar-refractivity contribution in [2.75, 3.05) is 6.54 Å². The maximum atomic E-state index is 12.6. The summed E-state index contributed by atoms with van der Waals surface area (Å²) in [5.41, 5.74) is 4.36. The van der Waals surface area contributed by atoms with E-state index in [1.165, 1.54) is 0 Å². The monoisotopic (exact) mass is 442 g/mol. The molecular formula is C23H24Cl2N4O. The largest absolute Gasteiger partial charge is 0.310 e. The van der Waals surface area contributed by atoms with Crippen LogP contribution in [0.4, 0.5) is 0 Å². The van der Waals surface area contributed by atoms with E-state index in [-0.39, 0.29) is 11.0 Å². The van der Waals surface area contributed by atoms with E-state index in [2.05, 4.69) is 41.7 Å². The van der Waals surface area contributed by atoms with Crippen molar-refractivity contribution in [1.29, 1.82) is 0 Å². The Labute approximate surface area is 186 Å². The number of aromatic amines is 1. The lowest BCUT2D eigenvalue weighted by Gasteiger charge is -2.28. The Morgan fingerprint density at radius 2 is 1.93 bits per heavy atom. The lowest BCUT2D eigenvalue weighted by Crippen LogP contribution is -2.37. The molecule has 0 atom stereocenters. The van der Waals surface area contributed by atoms with Gasteiger partial charge in [-0.25, -0.2) is 4.98 Å². The Bertz CT molecular complexity index is 1130. The molecule has 156 valence electrons. The van der Waals surface area contributed by atoms with Gasteiger partial charge in [-0.15, -0.1) is 0 Å². The van der Waals surface area contributed by atoms with Crippen molar-refractivity contribution < 1.29 is 0 Å². The molecule has 0 fully saturated rings. The number of fused-ring (bicyclic) bond motifs is 1. The highest BCUT2D eigenvalue weighted by Gasteiger charge is 2.24. The summed E-state index contributed by atoms with van der Waals surface area (Å²) in [6.45, 7) is 8.36. The fourth-order valence-corrected chi connectivity index (χ4v) is 3.87. The molecule has 0 amide bonds. The Morgan fingerprint density at radius 1 is 1.13 bits per heavy atom. The quantitative estimate of drug-likeness (QED) is 0.619. The summed E-state index contributed by atoms with van der Waals surface area (Å²) in [5.74, 6) is 0.752. The highest BCUT2D eigenvalue weighted by molar-refractivity contribution is 6.42. The first-order valence-corrected chi connectivity index (χ1v) is 10.7. The van der Waals surface area contributed by atoms with E-state index in [9.17, 15) is 4.79 Å². The summed E-state index contributed by atoms with van der Waals surface area (Å²) in [7, 11) is 0. The number of halogens is 2. The standard InChI is InChI=1S/C23H24Cl2N4O/c1-23(2,3)22-27-20-8-9-29(13-16(20)21(30)28-22)12-14-4-7-19(26-11-14)15-5-6-17(24)18(25)10-15/h4-7,10-11H,8-9,12-13H2,1-3H3,(H,27,28,30). The number of hydrogen-bond donors (Lipinski definition) is 1. The van der Waals surface area contributed by atoms with Gasteiger partial charge in [0.1, 0.15) is 5.82 Å². The highest BCUT2D eigenvalue weighted by atomic mass is 35.5. The van der Waals surface area contributed by atoms with Gasteiger partial charge < -0.3 is 4.98 Å². The summed E-state index contributed by atoms with van der Waals surface area (Å²) in [6, 6.07) is 9.54. The summed E-state index contributed by atoms with van der Waals surface area (Å²) >= 11 is 12.1. The minimum atomic E-state index is -0.174. The minimum Gasteiger partial charge on any atom is -0.310 e. The lowest BCUT2D eigenvalue weighted by atomic mass is 9.95. The van der Waals surface area contributed by atoms with Gasteiger partial charge in [-0.3, -0.25) is 14.7 Å². The van der Waals surface area contributed by atoms with Gasteiger partial charge in [0.2, 0.25) is 0 Å². The average molecular weight is 443 g/mol. The topological polar surface area (TPSA) is 61.9 Å². The number of hydrogen-bond acceptors (Lipinski definition) is 4. The second-order valence-electron chi connectivity index (χ2n) is 8.73. The molecule has 0 saturated heterocycles. The van der Waals surface area contributed by atoms with Crippen LogP contribution in [0.1, 0.15) is 43.4 Å². The van der Waals surface area contributed by atoms with Crippen molar-refractivity contribution in [2.24, 2.45) is 0 Å². The number of H-pyrrole nitrogens is 1. The van der Waals surface area contributed by atoms with Gasteiger partial charge in [0.15, 0.2) is 0 Å². The molecule has 1 N–H and O–H groups in total. The number of aromatic nitrogens is 3. The SMILES string of the molecule is CC(C)(C)c1nc2c(c(=O)[nH]1)CN(Cc1ccc(-c3ccc(Cl)c(Cl)c3)nc1)CC2. The van der Waals surface area contributed by atoms with Crippen LogP contribution in [0, 0.1) is 0 Å². The van der Waals surface area contributed by atoms with Gasteiger partial charge in [0.05, 0.1) is 27.0 Å². The van der Waals surface area contributed by atoms with Gasteiger partial charge in [-0.2, -0.15) is 0 Å². The molecule has 0 aliphatic carbocycles. The van der Waals surface area contributed by atoms with Crippen LogP contribution < -0.4 is 5.56 Å². The number of rotatable bonds is 3. The molecule has 1 aliphatic heterocycles. The average Bonchev–Trinajstić information content (AvgIpc) is 2.70. The third kappa shape index (κ3) is 4.43. The molecule has 5 nitrogen and oxygen atoms in total. The molecule has 4 rings (SSSR count). The minimum absolute atomic E-state index is 0.0253. The van der Waals surface area contributed by atoms with E-state index in [1.54, 1.807) is 6.07 Å². The predicted molar refractivity (Wildman–Crippen MR) is 121 cm³/mol. The van der Waals surface area contributed by atoms with Crippen molar-refractivity contribution in [3.63, 3.8) is 0 Å². The molecule has 7 heteroatoms. The maximum Gasteiger partial charge on any atom is 0.255 e. The van der Waals surface area contributed by atoms with Crippen LogP contribution in [0.3, 0.4) is 0 Å². The molecule has 1 aliphatic rings. The second-order valence-corrected chi connectivity index (χ2v) is 9.55. The second kappa shape index (κ2) is 8.14. The molecule has 0 unspecified atom stereocenters. The zero-order chi connectivity index (χ0) is 21.5. The molecule has 0 saturated carbocycles. The van der Waals surface area contributed by atoms with Gasteiger partial charge in [-0.05, 0) is 23.8 Å². The Balaban J connectivity index is 1.48. The van der Waals surface area contributed by atoms with Crippen LogP contribution in [0.25, 0.3) is 11.3 Å². The third-order valence-corrected chi connectivity index (χ3v) is 6.04. The number of nitrogens with zero attached hydrogens (tertiary/aromatic N) is 3. The summed E-state index contributed by atoms with van der Waals surface area (Å²) in [5, 5.41) is 1.04.